The summed E-state index contributed by atoms with van der Waals surface area (Å²) in [6, 6.07) is 149. The Kier molecular flexibility index (Phi) is 18.0. The van der Waals surface area contributed by atoms with Crippen molar-refractivity contribution >= 4 is 214 Å². The first-order valence-electron chi connectivity index (χ1n) is 46.1. The number of hydrogen-bond donors (Lipinski definition) is 0. The molecule has 14 heteroatoms. The highest BCUT2D eigenvalue weighted by molar-refractivity contribution is 7.27. The van der Waals surface area contributed by atoms with E-state index in [4.69, 9.17) is 34.3 Å². The standard InChI is InChI=1S/C43H29N3S.C40H23N3OS.C40H23N3S2/c1-43(2)34-17-9-6-14-29(34)31-24-25-32-30-15-7-10-18-35(30)46(40(32)38(31)43)28-22-20-27(21-23-28)41-44-39(26-12-4-3-5-13-26)37-33-16-8-11-19-36(33)47-42(37)45-41;2*1-2-11-24(12-3-1)36-35-31-17-6-9-20-34(31)45-40(35)42-39(41-36)25-13-10-14-26(23-25)43-32-18-7-4-15-27(32)29-21-22-30-28-16-5-8-19-33(28)44-38(30)37(29)43/h3-25H,1-2H3;2*1-23H. The maximum absolute atomic E-state index is 6.57. The molecule has 0 spiro atoms. The maximum Gasteiger partial charge on any atom is 0.161 e. The van der Waals surface area contributed by atoms with E-state index >= 15 is 0 Å². The molecule has 1 aliphatic rings. The van der Waals surface area contributed by atoms with E-state index in [-0.39, 0.29) is 5.41 Å². The van der Waals surface area contributed by atoms with E-state index in [0.717, 1.165) is 148 Å². The fraction of sp³-hybridized carbons (Fsp3) is 0.0244. The summed E-state index contributed by atoms with van der Waals surface area (Å²) in [5.41, 5.74) is 26.7. The van der Waals surface area contributed by atoms with Crippen molar-refractivity contribution in [3.05, 3.63) is 430 Å². The van der Waals surface area contributed by atoms with Crippen molar-refractivity contribution in [2.45, 2.75) is 19.3 Å². The molecule has 10 nitrogen and oxygen atoms in total. The lowest BCUT2D eigenvalue weighted by Crippen LogP contribution is -2.16. The molecule has 0 saturated carbocycles. The van der Waals surface area contributed by atoms with E-state index < -0.39 is 0 Å². The van der Waals surface area contributed by atoms with Crippen LogP contribution in [0.25, 0.3) is 265 Å². The van der Waals surface area contributed by atoms with Crippen molar-refractivity contribution in [1.29, 1.82) is 0 Å². The molecule has 11 heterocycles. The number of nitrogens with zero attached hydrogens (tertiary/aromatic N) is 9. The van der Waals surface area contributed by atoms with Crippen molar-refractivity contribution < 1.29 is 4.42 Å². The fourth-order valence-electron chi connectivity index (χ4n) is 21.6. The average molecular weight is 1820 g/mol. The smallest absolute Gasteiger partial charge is 0.161 e. The third kappa shape index (κ3) is 12.4. The van der Waals surface area contributed by atoms with Crippen LogP contribution in [0.1, 0.15) is 25.0 Å². The van der Waals surface area contributed by atoms with Crippen molar-refractivity contribution in [3.63, 3.8) is 0 Å². The van der Waals surface area contributed by atoms with E-state index in [2.05, 4.69) is 428 Å². The van der Waals surface area contributed by atoms with Crippen molar-refractivity contribution in [1.82, 2.24) is 43.6 Å². The largest absolute Gasteiger partial charge is 0.454 e. The van der Waals surface area contributed by atoms with Crippen LogP contribution in [-0.4, -0.2) is 43.6 Å². The Morgan fingerprint density at radius 3 is 1.12 bits per heavy atom. The molecule has 1 aliphatic carbocycles. The molecule has 0 aliphatic heterocycles. The lowest BCUT2D eigenvalue weighted by molar-refractivity contribution is 0.664. The number of benzene rings is 18. The maximum atomic E-state index is 6.57. The van der Waals surface area contributed by atoms with Crippen LogP contribution in [0, 0.1) is 0 Å². The molecule has 30 rings (SSSR count). The third-order valence-corrected chi connectivity index (χ3v) is 32.1. The summed E-state index contributed by atoms with van der Waals surface area (Å²) in [7, 11) is 0. The fourth-order valence-corrected chi connectivity index (χ4v) is 26.0. The summed E-state index contributed by atoms with van der Waals surface area (Å²) >= 11 is 7.06. The molecule has 642 valence electrons. The molecule has 0 radical (unpaired) electrons. The van der Waals surface area contributed by atoms with Crippen LogP contribution in [0.3, 0.4) is 0 Å². The van der Waals surface area contributed by atoms with Crippen molar-refractivity contribution in [2.75, 3.05) is 0 Å². The van der Waals surface area contributed by atoms with E-state index in [1.165, 1.54) is 122 Å². The van der Waals surface area contributed by atoms with E-state index in [9.17, 15) is 0 Å². The van der Waals surface area contributed by atoms with Crippen LogP contribution in [0.4, 0.5) is 0 Å². The highest BCUT2D eigenvalue weighted by atomic mass is 32.1. The van der Waals surface area contributed by atoms with Crippen LogP contribution in [0.15, 0.2) is 423 Å². The molecule has 137 heavy (non-hydrogen) atoms. The minimum atomic E-state index is -0.126. The summed E-state index contributed by atoms with van der Waals surface area (Å²) in [5, 5.41) is 19.2. The van der Waals surface area contributed by atoms with Gasteiger partial charge in [0.15, 0.2) is 23.1 Å². The van der Waals surface area contributed by atoms with Crippen LogP contribution >= 0.6 is 45.3 Å². The minimum absolute atomic E-state index is 0.126. The van der Waals surface area contributed by atoms with Crippen molar-refractivity contribution in [2.24, 2.45) is 0 Å². The second-order valence-corrected chi connectivity index (χ2v) is 39.9. The normalized spacial score (nSPS) is 12.5. The summed E-state index contributed by atoms with van der Waals surface area (Å²) in [4.78, 5) is 34.3. The SMILES string of the molecule is CC1(C)c2ccccc2-c2ccc3c4ccccc4n(-c4ccc(-c5nc(-c6ccccc6)c6c(n5)sc5ccccc56)cc4)c3c21.c1ccc(-c2nc(-c3cccc(-n4c5ccccc5c5ccc6c7ccccc7oc6c54)c3)nc3sc4ccccc4c23)cc1.c1ccc(-c2nc(-c3cccc(-n4c5ccccc5c5ccc6c7ccccc7sc6c54)c3)nc3sc4ccccc4c23)cc1. The Balaban J connectivity index is 0.000000102. The number of hydrogen-bond acceptors (Lipinski definition) is 11. The van der Waals surface area contributed by atoms with Gasteiger partial charge in [-0.15, -0.1) is 45.3 Å². The predicted octanol–water partition coefficient (Wildman–Crippen LogP) is 34.4. The molecule has 0 unspecified atom stereocenters. The lowest BCUT2D eigenvalue weighted by Gasteiger charge is -2.23. The van der Waals surface area contributed by atoms with Gasteiger partial charge in [-0.3, -0.25) is 0 Å². The van der Waals surface area contributed by atoms with Gasteiger partial charge in [0.05, 0.1) is 54.9 Å². The van der Waals surface area contributed by atoms with Gasteiger partial charge < -0.3 is 18.1 Å². The molecule has 11 aromatic heterocycles. The summed E-state index contributed by atoms with van der Waals surface area (Å²) in [6.07, 6.45) is 0. The molecule has 18 aromatic carbocycles. The molecule has 0 bridgehead atoms. The first-order valence-corrected chi connectivity index (χ1v) is 49.4. The molecule has 0 atom stereocenters. The molecule has 29 aromatic rings. The van der Waals surface area contributed by atoms with Crippen LogP contribution in [0.5, 0.6) is 0 Å². The number of furan rings is 1. The second-order valence-electron chi connectivity index (χ2n) is 35.8. The highest BCUT2D eigenvalue weighted by Crippen LogP contribution is 2.55. The van der Waals surface area contributed by atoms with Gasteiger partial charge in [-0.05, 0) is 125 Å². The number of para-hydroxylation sites is 4. The first-order chi connectivity index (χ1) is 67.7. The molecule has 0 fully saturated rings. The lowest BCUT2D eigenvalue weighted by atomic mass is 9.81. The molecule has 0 saturated heterocycles. The Labute approximate surface area is 800 Å². The summed E-state index contributed by atoms with van der Waals surface area (Å²) in [5.74, 6) is 2.20. The Hall–Kier alpha value is -16.7. The molecule has 0 N–H and O–H groups in total. The topological polar surface area (TPSA) is 105 Å². The first kappa shape index (κ1) is 78.9. The predicted molar refractivity (Wildman–Crippen MR) is 578 cm³/mol. The number of thiophene rings is 4. The van der Waals surface area contributed by atoms with Gasteiger partial charge in [0.25, 0.3) is 0 Å². The zero-order chi connectivity index (χ0) is 90.2. The number of aromatic nitrogens is 9. The number of rotatable bonds is 9. The highest BCUT2D eigenvalue weighted by Gasteiger charge is 2.39. The van der Waals surface area contributed by atoms with Crippen molar-refractivity contribution in [3.8, 4) is 96.1 Å². The zero-order valence-electron chi connectivity index (χ0n) is 73.9. The van der Waals surface area contributed by atoms with Crippen LogP contribution in [-0.2, 0) is 5.41 Å². The second kappa shape index (κ2) is 31.2. The zero-order valence-corrected chi connectivity index (χ0v) is 77.2. The minimum Gasteiger partial charge on any atom is -0.454 e. The van der Waals surface area contributed by atoms with Crippen LogP contribution < -0.4 is 0 Å². The van der Waals surface area contributed by atoms with Gasteiger partial charge >= 0.3 is 0 Å². The van der Waals surface area contributed by atoms with Gasteiger partial charge in [-0.2, -0.15) is 0 Å². The Morgan fingerprint density at radius 2 is 0.613 bits per heavy atom. The van der Waals surface area contributed by atoms with E-state index in [0.29, 0.717) is 5.82 Å². The van der Waals surface area contributed by atoms with Gasteiger partial charge in [-0.25, -0.2) is 29.9 Å². The van der Waals surface area contributed by atoms with Gasteiger partial charge in [0.1, 0.15) is 20.1 Å². The molecular formula is C123H75N9OS4. The van der Waals surface area contributed by atoms with Gasteiger partial charge in [-0.1, -0.05) is 329 Å². The van der Waals surface area contributed by atoms with Gasteiger partial charge in [0, 0.05) is 161 Å². The molecule has 0 amide bonds. The quantitative estimate of drug-likeness (QED) is 0.142. The van der Waals surface area contributed by atoms with Gasteiger partial charge in [0.2, 0.25) is 0 Å². The summed E-state index contributed by atoms with van der Waals surface area (Å²) < 4.78 is 20.1. The van der Waals surface area contributed by atoms with E-state index in [1.54, 1.807) is 34.0 Å². The Morgan fingerprint density at radius 1 is 0.241 bits per heavy atom. The summed E-state index contributed by atoms with van der Waals surface area (Å²) in [6.45, 7) is 4.74. The van der Waals surface area contributed by atoms with E-state index in [1.807, 2.05) is 29.5 Å². The average Bonchev–Trinajstić information content (AvgIpc) is 1.53. The third-order valence-electron chi connectivity index (χ3n) is 27.7. The number of fused-ring (bicyclic) bond motifs is 30. The Bertz CT molecular complexity index is 9670. The van der Waals surface area contributed by atoms with Crippen LogP contribution in [0.2, 0.25) is 0 Å². The molecular weight excluding hydrogens is 1750 g/mol. The monoisotopic (exact) mass is 1820 g/mol.